The summed E-state index contributed by atoms with van der Waals surface area (Å²) < 4.78 is 0. The molecule has 2 aromatic carbocycles. The zero-order valence-corrected chi connectivity index (χ0v) is 12.6. The van der Waals surface area contributed by atoms with Crippen molar-refractivity contribution in [2.24, 2.45) is 5.73 Å². The van der Waals surface area contributed by atoms with Gasteiger partial charge >= 0.3 is 0 Å². The fourth-order valence-electron chi connectivity index (χ4n) is 2.16. The van der Waals surface area contributed by atoms with Crippen molar-refractivity contribution >= 4 is 11.8 Å². The molecule has 0 saturated carbocycles. The topological polar surface area (TPSA) is 26.0 Å². The van der Waals surface area contributed by atoms with E-state index in [4.69, 9.17) is 5.73 Å². The van der Waals surface area contributed by atoms with Crippen LogP contribution in [0.15, 0.2) is 53.4 Å². The van der Waals surface area contributed by atoms with Gasteiger partial charge in [0.2, 0.25) is 0 Å². The van der Waals surface area contributed by atoms with Crippen LogP contribution in [0.3, 0.4) is 0 Å². The SMILES string of the molecule is Cc1cccc(SC(c2cccc(C)c2)C(C)N)c1. The Morgan fingerprint density at radius 3 is 2.16 bits per heavy atom. The summed E-state index contributed by atoms with van der Waals surface area (Å²) in [5.41, 5.74) is 10.1. The van der Waals surface area contributed by atoms with Crippen molar-refractivity contribution in [3.63, 3.8) is 0 Å². The van der Waals surface area contributed by atoms with Gasteiger partial charge in [0.05, 0.1) is 0 Å². The quantitative estimate of drug-likeness (QED) is 0.829. The van der Waals surface area contributed by atoms with E-state index in [1.165, 1.54) is 21.6 Å². The second kappa shape index (κ2) is 6.27. The maximum Gasteiger partial charge on any atom is 0.0492 e. The highest BCUT2D eigenvalue weighted by atomic mass is 32.2. The molecule has 2 N–H and O–H groups in total. The molecule has 0 radical (unpaired) electrons. The van der Waals surface area contributed by atoms with Gasteiger partial charge in [0.25, 0.3) is 0 Å². The van der Waals surface area contributed by atoms with E-state index in [-0.39, 0.29) is 6.04 Å². The number of benzene rings is 2. The number of thioether (sulfide) groups is 1. The first kappa shape index (κ1) is 14.2. The Hall–Kier alpha value is -1.25. The fraction of sp³-hybridized carbons (Fsp3) is 0.294. The monoisotopic (exact) mass is 271 g/mol. The molecule has 1 nitrogen and oxygen atoms in total. The van der Waals surface area contributed by atoms with Crippen LogP contribution in [0.5, 0.6) is 0 Å². The van der Waals surface area contributed by atoms with E-state index in [9.17, 15) is 0 Å². The van der Waals surface area contributed by atoms with Gasteiger partial charge in [-0.05, 0) is 38.5 Å². The summed E-state index contributed by atoms with van der Waals surface area (Å²) in [5.74, 6) is 0. The molecule has 2 atom stereocenters. The molecular formula is C17H21NS. The minimum absolute atomic E-state index is 0.118. The van der Waals surface area contributed by atoms with Crippen LogP contribution in [0.1, 0.15) is 28.9 Å². The molecule has 0 saturated heterocycles. The normalized spacial score (nSPS) is 14.1. The van der Waals surface area contributed by atoms with Gasteiger partial charge < -0.3 is 5.73 Å². The van der Waals surface area contributed by atoms with Crippen molar-refractivity contribution in [1.29, 1.82) is 0 Å². The molecule has 2 rings (SSSR count). The minimum atomic E-state index is 0.118. The van der Waals surface area contributed by atoms with E-state index >= 15 is 0 Å². The Kier molecular flexibility index (Phi) is 4.67. The molecule has 0 heterocycles. The van der Waals surface area contributed by atoms with E-state index in [1.807, 2.05) is 11.8 Å². The van der Waals surface area contributed by atoms with Gasteiger partial charge in [-0.25, -0.2) is 0 Å². The molecule has 19 heavy (non-hydrogen) atoms. The lowest BCUT2D eigenvalue weighted by Crippen LogP contribution is -2.22. The van der Waals surface area contributed by atoms with Crippen LogP contribution in [-0.2, 0) is 0 Å². The third kappa shape index (κ3) is 3.85. The Labute approximate surface area is 120 Å². The van der Waals surface area contributed by atoms with Crippen LogP contribution in [0.4, 0.5) is 0 Å². The van der Waals surface area contributed by atoms with Crippen LogP contribution in [0.25, 0.3) is 0 Å². The Balaban J connectivity index is 2.26. The lowest BCUT2D eigenvalue weighted by Gasteiger charge is -2.21. The van der Waals surface area contributed by atoms with Crippen LogP contribution in [0, 0.1) is 13.8 Å². The molecule has 2 unspecified atom stereocenters. The molecule has 0 aliphatic rings. The van der Waals surface area contributed by atoms with Gasteiger partial charge in [0.1, 0.15) is 0 Å². The van der Waals surface area contributed by atoms with Gasteiger partial charge in [-0.15, -0.1) is 11.8 Å². The standard InChI is InChI=1S/C17H21NS/c1-12-6-4-8-15(10-12)17(14(3)18)19-16-9-5-7-13(2)11-16/h4-11,14,17H,18H2,1-3H3. The Morgan fingerprint density at radius 1 is 0.947 bits per heavy atom. The molecule has 2 aromatic rings. The van der Waals surface area contributed by atoms with E-state index in [0.29, 0.717) is 5.25 Å². The molecule has 0 bridgehead atoms. The number of rotatable bonds is 4. The Morgan fingerprint density at radius 2 is 1.58 bits per heavy atom. The first-order valence-corrected chi connectivity index (χ1v) is 7.49. The highest BCUT2D eigenvalue weighted by Gasteiger charge is 2.17. The maximum atomic E-state index is 6.18. The number of hydrogen-bond donors (Lipinski definition) is 1. The predicted molar refractivity (Wildman–Crippen MR) is 84.6 cm³/mol. The van der Waals surface area contributed by atoms with Crippen molar-refractivity contribution in [2.45, 2.75) is 37.0 Å². The van der Waals surface area contributed by atoms with Crippen molar-refractivity contribution in [3.05, 3.63) is 65.2 Å². The highest BCUT2D eigenvalue weighted by Crippen LogP contribution is 2.37. The molecule has 0 aliphatic heterocycles. The van der Waals surface area contributed by atoms with Crippen molar-refractivity contribution in [1.82, 2.24) is 0 Å². The van der Waals surface area contributed by atoms with Gasteiger partial charge in [0.15, 0.2) is 0 Å². The lowest BCUT2D eigenvalue weighted by molar-refractivity contribution is 0.721. The zero-order valence-electron chi connectivity index (χ0n) is 11.8. The van der Waals surface area contributed by atoms with Crippen LogP contribution < -0.4 is 5.73 Å². The summed E-state index contributed by atoms with van der Waals surface area (Å²) in [6.45, 7) is 6.33. The average molecular weight is 271 g/mol. The molecular weight excluding hydrogens is 250 g/mol. The lowest BCUT2D eigenvalue weighted by atomic mass is 10.0. The number of hydrogen-bond acceptors (Lipinski definition) is 2. The largest absolute Gasteiger partial charge is 0.327 e. The number of aryl methyl sites for hydroxylation is 2. The summed E-state index contributed by atoms with van der Waals surface area (Å²) in [6.07, 6.45) is 0. The Bertz CT molecular complexity index is 548. The van der Waals surface area contributed by atoms with Crippen LogP contribution in [-0.4, -0.2) is 6.04 Å². The summed E-state index contributed by atoms with van der Waals surface area (Å²) in [5, 5.41) is 0.293. The highest BCUT2D eigenvalue weighted by molar-refractivity contribution is 7.99. The molecule has 0 spiro atoms. The molecule has 0 aliphatic carbocycles. The second-order valence-electron chi connectivity index (χ2n) is 5.13. The third-order valence-electron chi connectivity index (χ3n) is 3.10. The molecule has 2 heteroatoms. The van der Waals surface area contributed by atoms with Crippen molar-refractivity contribution in [2.75, 3.05) is 0 Å². The van der Waals surface area contributed by atoms with Gasteiger partial charge in [0, 0.05) is 16.2 Å². The minimum Gasteiger partial charge on any atom is -0.327 e. The average Bonchev–Trinajstić information content (AvgIpc) is 2.35. The first-order valence-electron chi connectivity index (χ1n) is 6.62. The molecule has 100 valence electrons. The molecule has 0 fully saturated rings. The second-order valence-corrected chi connectivity index (χ2v) is 6.34. The van der Waals surface area contributed by atoms with Gasteiger partial charge in [-0.1, -0.05) is 47.5 Å². The fourth-order valence-corrected chi connectivity index (χ4v) is 3.36. The zero-order chi connectivity index (χ0) is 13.8. The molecule has 0 aromatic heterocycles. The van der Waals surface area contributed by atoms with Crippen LogP contribution >= 0.6 is 11.8 Å². The molecule has 0 amide bonds. The van der Waals surface area contributed by atoms with Crippen LogP contribution in [0.2, 0.25) is 0 Å². The van der Waals surface area contributed by atoms with Gasteiger partial charge in [-0.2, -0.15) is 0 Å². The summed E-state index contributed by atoms with van der Waals surface area (Å²) in [7, 11) is 0. The van der Waals surface area contributed by atoms with Crippen molar-refractivity contribution < 1.29 is 0 Å². The number of nitrogens with two attached hydrogens (primary N) is 1. The summed E-state index contributed by atoms with van der Waals surface area (Å²) >= 11 is 1.85. The van der Waals surface area contributed by atoms with Gasteiger partial charge in [-0.3, -0.25) is 0 Å². The summed E-state index contributed by atoms with van der Waals surface area (Å²) in [6, 6.07) is 17.4. The van der Waals surface area contributed by atoms with E-state index < -0.39 is 0 Å². The van der Waals surface area contributed by atoms with E-state index in [2.05, 4.69) is 69.3 Å². The van der Waals surface area contributed by atoms with E-state index in [0.717, 1.165) is 0 Å². The predicted octanol–water partition coefficient (Wildman–Crippen LogP) is 4.48. The smallest absolute Gasteiger partial charge is 0.0492 e. The van der Waals surface area contributed by atoms with Crippen molar-refractivity contribution in [3.8, 4) is 0 Å². The summed E-state index contributed by atoms with van der Waals surface area (Å²) in [4.78, 5) is 1.28. The third-order valence-corrected chi connectivity index (χ3v) is 4.58. The first-order chi connectivity index (χ1) is 9.06. The van der Waals surface area contributed by atoms with E-state index in [1.54, 1.807) is 0 Å². The maximum absolute atomic E-state index is 6.18.